The maximum Gasteiger partial charge on any atom is 0.154 e. The van der Waals surface area contributed by atoms with E-state index >= 15 is 0 Å². The molecule has 0 spiro atoms. The molecular formula is C19H24ClN5. The molecule has 3 aliphatic rings. The summed E-state index contributed by atoms with van der Waals surface area (Å²) in [6.07, 6.45) is 9.40. The number of nitrogens with zero attached hydrogens (tertiary/aromatic N) is 5. The first-order valence-corrected chi connectivity index (χ1v) is 9.34. The van der Waals surface area contributed by atoms with E-state index in [-0.39, 0.29) is 0 Å². The smallest absolute Gasteiger partial charge is 0.154 e. The normalized spacial score (nSPS) is 20.2. The minimum absolute atomic E-state index is 0.813. The minimum atomic E-state index is 0.813. The number of piperazine rings is 1. The zero-order valence-electron chi connectivity index (χ0n) is 14.4. The van der Waals surface area contributed by atoms with Gasteiger partial charge in [-0.2, -0.15) is 5.10 Å². The Morgan fingerprint density at radius 1 is 1.04 bits per heavy atom. The number of anilines is 1. The zero-order chi connectivity index (χ0) is 17.1. The van der Waals surface area contributed by atoms with Crippen LogP contribution in [0.3, 0.4) is 0 Å². The third-order valence-corrected chi connectivity index (χ3v) is 5.15. The summed E-state index contributed by atoms with van der Waals surface area (Å²) in [5, 5.41) is 7.63. The van der Waals surface area contributed by atoms with E-state index in [1.807, 2.05) is 18.2 Å². The van der Waals surface area contributed by atoms with Gasteiger partial charge in [0.2, 0.25) is 0 Å². The average molecular weight is 358 g/mol. The zero-order valence-corrected chi connectivity index (χ0v) is 15.1. The first kappa shape index (κ1) is 16.5. The number of rotatable bonds is 5. The molecule has 3 aliphatic heterocycles. The minimum Gasteiger partial charge on any atom is -0.369 e. The number of hydrogen-bond acceptors (Lipinski definition) is 5. The highest BCUT2D eigenvalue weighted by molar-refractivity contribution is 6.30. The maximum absolute atomic E-state index is 6.10. The van der Waals surface area contributed by atoms with Gasteiger partial charge in [-0.1, -0.05) is 23.7 Å². The van der Waals surface area contributed by atoms with Crippen LogP contribution in [-0.4, -0.2) is 66.6 Å². The molecule has 1 aromatic carbocycles. The van der Waals surface area contributed by atoms with Crippen LogP contribution in [0.25, 0.3) is 0 Å². The summed E-state index contributed by atoms with van der Waals surface area (Å²) < 4.78 is 0. The van der Waals surface area contributed by atoms with E-state index in [9.17, 15) is 0 Å². The maximum atomic E-state index is 6.10. The number of amidine groups is 1. The first-order chi connectivity index (χ1) is 12.3. The Balaban J connectivity index is 1.19. The van der Waals surface area contributed by atoms with Gasteiger partial charge in [0.25, 0.3) is 0 Å². The number of allylic oxidation sites excluding steroid dienone is 2. The van der Waals surface area contributed by atoms with E-state index in [2.05, 4.69) is 55.3 Å². The molecule has 0 unspecified atom stereocenters. The lowest BCUT2D eigenvalue weighted by Gasteiger charge is -2.36. The summed E-state index contributed by atoms with van der Waals surface area (Å²) in [5.74, 6) is 1.05. The lowest BCUT2D eigenvalue weighted by Crippen LogP contribution is -2.47. The summed E-state index contributed by atoms with van der Waals surface area (Å²) in [5.41, 5.74) is 1.23. The molecule has 0 amide bonds. The van der Waals surface area contributed by atoms with Crippen molar-refractivity contribution in [1.82, 2.24) is 14.8 Å². The lowest BCUT2D eigenvalue weighted by molar-refractivity contribution is 0.215. The van der Waals surface area contributed by atoms with Crippen LogP contribution in [0.1, 0.15) is 6.42 Å². The Morgan fingerprint density at radius 3 is 2.72 bits per heavy atom. The molecule has 0 saturated carbocycles. The molecule has 0 N–H and O–H groups in total. The van der Waals surface area contributed by atoms with Gasteiger partial charge in [-0.3, -0.25) is 9.91 Å². The Labute approximate surface area is 154 Å². The number of halogens is 1. The molecule has 1 fully saturated rings. The molecule has 4 rings (SSSR count). The first-order valence-electron chi connectivity index (χ1n) is 8.96. The fourth-order valence-electron chi connectivity index (χ4n) is 3.53. The van der Waals surface area contributed by atoms with Gasteiger partial charge in [-0.05, 0) is 36.8 Å². The van der Waals surface area contributed by atoms with Crippen LogP contribution in [0.4, 0.5) is 5.69 Å². The van der Waals surface area contributed by atoms with Crippen LogP contribution in [0, 0.1) is 0 Å². The highest BCUT2D eigenvalue weighted by Crippen LogP contribution is 2.21. The predicted molar refractivity (Wildman–Crippen MR) is 104 cm³/mol. The van der Waals surface area contributed by atoms with Gasteiger partial charge in [-0.15, -0.1) is 0 Å². The average Bonchev–Trinajstić information content (AvgIpc) is 3.05. The molecule has 0 aromatic heterocycles. The quantitative estimate of drug-likeness (QED) is 0.809. The summed E-state index contributed by atoms with van der Waals surface area (Å²) in [7, 11) is 0. The van der Waals surface area contributed by atoms with Gasteiger partial charge in [0.05, 0.1) is 0 Å². The molecule has 1 aromatic rings. The molecule has 3 heterocycles. The van der Waals surface area contributed by atoms with Gasteiger partial charge >= 0.3 is 0 Å². The van der Waals surface area contributed by atoms with Crippen LogP contribution in [-0.2, 0) is 0 Å². The van der Waals surface area contributed by atoms with Gasteiger partial charge in [-0.25, -0.2) is 0 Å². The summed E-state index contributed by atoms with van der Waals surface area (Å²) >= 11 is 6.10. The molecule has 0 aliphatic carbocycles. The van der Waals surface area contributed by atoms with Crippen molar-refractivity contribution in [1.29, 1.82) is 0 Å². The molecule has 0 atom stereocenters. The van der Waals surface area contributed by atoms with Crippen molar-refractivity contribution in [2.75, 3.05) is 50.8 Å². The van der Waals surface area contributed by atoms with Crippen LogP contribution in [0.2, 0.25) is 5.02 Å². The Bertz CT molecular complexity index is 691. The molecular weight excluding hydrogens is 334 g/mol. The van der Waals surface area contributed by atoms with Crippen molar-refractivity contribution < 1.29 is 0 Å². The second kappa shape index (κ2) is 7.50. The van der Waals surface area contributed by atoms with Crippen LogP contribution in [0.5, 0.6) is 0 Å². The number of fused-ring (bicyclic) bond motifs is 1. The third-order valence-electron chi connectivity index (χ3n) is 4.91. The molecule has 25 heavy (non-hydrogen) atoms. The topological polar surface area (TPSA) is 25.3 Å². The standard InChI is InChI=1S/C19H24ClN5/c20-17-5-3-6-18(15-17)23-13-11-22(12-14-23)8-4-10-25-16-24-9-2-1-7-19(24)21-25/h1-3,5-7,9,15H,4,8,10-14,16H2. The van der Waals surface area contributed by atoms with Crippen molar-refractivity contribution >= 4 is 23.1 Å². The number of hydrazone groups is 1. The van der Waals surface area contributed by atoms with E-state index in [0.717, 1.165) is 63.2 Å². The number of hydrogen-bond donors (Lipinski definition) is 0. The number of benzene rings is 1. The molecule has 0 bridgehead atoms. The monoisotopic (exact) mass is 357 g/mol. The molecule has 0 radical (unpaired) electrons. The predicted octanol–water partition coefficient (Wildman–Crippen LogP) is 2.82. The Morgan fingerprint density at radius 2 is 1.92 bits per heavy atom. The molecule has 1 saturated heterocycles. The van der Waals surface area contributed by atoms with Gasteiger partial charge in [0.1, 0.15) is 6.67 Å². The van der Waals surface area contributed by atoms with Gasteiger partial charge in [0.15, 0.2) is 5.84 Å². The fourth-order valence-corrected chi connectivity index (χ4v) is 3.71. The Kier molecular flexibility index (Phi) is 4.95. The van der Waals surface area contributed by atoms with Crippen molar-refractivity contribution in [2.45, 2.75) is 6.42 Å². The van der Waals surface area contributed by atoms with Gasteiger partial charge in [0, 0.05) is 56.2 Å². The Hall–Kier alpha value is -1.98. The SMILES string of the molecule is Clc1cccc(N2CCN(CCCN3CN4C=CC=CC4=N3)CC2)c1. The lowest BCUT2D eigenvalue weighted by atomic mass is 10.2. The fraction of sp³-hybridized carbons (Fsp3) is 0.421. The van der Waals surface area contributed by atoms with Crippen LogP contribution >= 0.6 is 11.6 Å². The largest absolute Gasteiger partial charge is 0.369 e. The molecule has 132 valence electrons. The van der Waals surface area contributed by atoms with Crippen LogP contribution < -0.4 is 4.90 Å². The van der Waals surface area contributed by atoms with E-state index < -0.39 is 0 Å². The summed E-state index contributed by atoms with van der Waals surface area (Å²) in [4.78, 5) is 7.16. The third kappa shape index (κ3) is 3.99. The van der Waals surface area contributed by atoms with E-state index in [0.29, 0.717) is 0 Å². The second-order valence-electron chi connectivity index (χ2n) is 6.66. The van der Waals surface area contributed by atoms with Crippen molar-refractivity contribution in [3.05, 3.63) is 53.7 Å². The second-order valence-corrected chi connectivity index (χ2v) is 7.10. The highest BCUT2D eigenvalue weighted by atomic mass is 35.5. The van der Waals surface area contributed by atoms with Crippen molar-refractivity contribution in [3.8, 4) is 0 Å². The van der Waals surface area contributed by atoms with E-state index in [4.69, 9.17) is 11.6 Å². The highest BCUT2D eigenvalue weighted by Gasteiger charge is 2.21. The molecule has 6 heteroatoms. The van der Waals surface area contributed by atoms with Crippen molar-refractivity contribution in [3.63, 3.8) is 0 Å². The summed E-state index contributed by atoms with van der Waals surface area (Å²) in [6.45, 7) is 7.37. The molecule has 5 nitrogen and oxygen atoms in total. The van der Waals surface area contributed by atoms with Crippen LogP contribution in [0.15, 0.2) is 53.8 Å². The van der Waals surface area contributed by atoms with E-state index in [1.165, 1.54) is 5.69 Å². The van der Waals surface area contributed by atoms with Crippen molar-refractivity contribution in [2.24, 2.45) is 5.10 Å². The summed E-state index contributed by atoms with van der Waals surface area (Å²) in [6, 6.07) is 8.16. The van der Waals surface area contributed by atoms with Gasteiger partial charge < -0.3 is 9.80 Å². The van der Waals surface area contributed by atoms with E-state index in [1.54, 1.807) is 0 Å².